The SMILES string of the molecule is COc1nc(Cl)nc(N2CCC(C(C)O)CC2)n1. The van der Waals surface area contributed by atoms with Crippen LogP contribution in [0.4, 0.5) is 5.95 Å². The van der Waals surface area contributed by atoms with Gasteiger partial charge in [0.15, 0.2) is 0 Å². The number of aromatic nitrogens is 3. The first-order valence-electron chi connectivity index (χ1n) is 5.98. The third kappa shape index (κ3) is 3.00. The molecule has 1 unspecified atom stereocenters. The second kappa shape index (κ2) is 5.67. The Morgan fingerprint density at radius 3 is 2.56 bits per heavy atom. The Morgan fingerprint density at radius 2 is 2.00 bits per heavy atom. The van der Waals surface area contributed by atoms with Gasteiger partial charge in [0.05, 0.1) is 13.2 Å². The molecule has 2 heterocycles. The first-order chi connectivity index (χ1) is 8.60. The summed E-state index contributed by atoms with van der Waals surface area (Å²) in [5, 5.41) is 9.69. The average molecular weight is 273 g/mol. The third-order valence-corrected chi connectivity index (χ3v) is 3.43. The van der Waals surface area contributed by atoms with Gasteiger partial charge in [0.25, 0.3) is 0 Å². The number of aliphatic hydroxyl groups excluding tert-OH is 1. The fraction of sp³-hybridized carbons (Fsp3) is 0.727. The van der Waals surface area contributed by atoms with Crippen LogP contribution in [0.1, 0.15) is 19.8 Å². The maximum atomic E-state index is 9.56. The van der Waals surface area contributed by atoms with Crippen molar-refractivity contribution in [2.24, 2.45) is 5.92 Å². The summed E-state index contributed by atoms with van der Waals surface area (Å²) in [6.45, 7) is 3.45. The van der Waals surface area contributed by atoms with Gasteiger partial charge in [-0.05, 0) is 37.3 Å². The molecule has 1 saturated heterocycles. The number of ether oxygens (including phenoxy) is 1. The number of rotatable bonds is 3. The molecule has 0 aromatic carbocycles. The van der Waals surface area contributed by atoms with Crippen molar-refractivity contribution in [3.8, 4) is 6.01 Å². The molecule has 0 spiro atoms. The maximum absolute atomic E-state index is 9.56. The minimum atomic E-state index is -0.261. The highest BCUT2D eigenvalue weighted by Crippen LogP contribution is 2.24. The molecule has 7 heteroatoms. The summed E-state index contributed by atoms with van der Waals surface area (Å²) < 4.78 is 4.97. The molecule has 1 N–H and O–H groups in total. The number of aliphatic hydroxyl groups is 1. The van der Waals surface area contributed by atoms with Crippen LogP contribution in [0.15, 0.2) is 0 Å². The standard InChI is InChI=1S/C11H17ClN4O2/c1-7(17)8-3-5-16(6-4-8)10-13-9(12)14-11(15-10)18-2/h7-8,17H,3-6H2,1-2H3. The van der Waals surface area contributed by atoms with Gasteiger partial charge in [-0.25, -0.2) is 0 Å². The molecule has 1 aliphatic heterocycles. The van der Waals surface area contributed by atoms with Gasteiger partial charge >= 0.3 is 6.01 Å². The number of hydrogen-bond acceptors (Lipinski definition) is 6. The number of methoxy groups -OCH3 is 1. The summed E-state index contributed by atoms with van der Waals surface area (Å²) >= 11 is 5.82. The topological polar surface area (TPSA) is 71.4 Å². The van der Waals surface area contributed by atoms with Crippen molar-refractivity contribution < 1.29 is 9.84 Å². The Kier molecular flexibility index (Phi) is 4.19. The van der Waals surface area contributed by atoms with Gasteiger partial charge < -0.3 is 14.7 Å². The van der Waals surface area contributed by atoms with E-state index in [0.29, 0.717) is 11.9 Å². The van der Waals surface area contributed by atoms with Crippen molar-refractivity contribution in [1.29, 1.82) is 0 Å². The zero-order valence-electron chi connectivity index (χ0n) is 10.5. The van der Waals surface area contributed by atoms with E-state index in [1.165, 1.54) is 7.11 Å². The summed E-state index contributed by atoms with van der Waals surface area (Å²) in [6.07, 6.45) is 1.58. The summed E-state index contributed by atoms with van der Waals surface area (Å²) in [5.74, 6) is 0.886. The number of nitrogens with zero attached hydrogens (tertiary/aromatic N) is 4. The van der Waals surface area contributed by atoms with E-state index < -0.39 is 0 Å². The zero-order chi connectivity index (χ0) is 13.1. The van der Waals surface area contributed by atoms with Crippen molar-refractivity contribution in [3.05, 3.63) is 5.28 Å². The first-order valence-corrected chi connectivity index (χ1v) is 6.36. The fourth-order valence-electron chi connectivity index (χ4n) is 2.14. The molecule has 100 valence electrons. The quantitative estimate of drug-likeness (QED) is 0.889. The molecule has 0 aliphatic carbocycles. The van der Waals surface area contributed by atoms with E-state index in [0.717, 1.165) is 25.9 Å². The van der Waals surface area contributed by atoms with Gasteiger partial charge in [-0.1, -0.05) is 0 Å². The van der Waals surface area contributed by atoms with Crippen LogP contribution in [0.25, 0.3) is 0 Å². The Labute approximate surface area is 111 Å². The summed E-state index contributed by atoms with van der Waals surface area (Å²) in [4.78, 5) is 14.2. The van der Waals surface area contributed by atoms with Crippen LogP contribution in [0.5, 0.6) is 6.01 Å². The Hall–Kier alpha value is -1.14. The fourth-order valence-corrected chi connectivity index (χ4v) is 2.28. The monoisotopic (exact) mass is 272 g/mol. The highest BCUT2D eigenvalue weighted by Gasteiger charge is 2.24. The van der Waals surface area contributed by atoms with Gasteiger partial charge in [-0.2, -0.15) is 15.0 Å². The summed E-state index contributed by atoms with van der Waals surface area (Å²) in [6, 6.07) is 0.225. The summed E-state index contributed by atoms with van der Waals surface area (Å²) in [5.41, 5.74) is 0. The molecular formula is C11H17ClN4O2. The van der Waals surface area contributed by atoms with Crippen LogP contribution < -0.4 is 9.64 Å². The summed E-state index contributed by atoms with van der Waals surface area (Å²) in [7, 11) is 1.50. The molecular weight excluding hydrogens is 256 g/mol. The average Bonchev–Trinajstić information content (AvgIpc) is 2.38. The van der Waals surface area contributed by atoms with E-state index in [-0.39, 0.29) is 17.4 Å². The molecule has 2 rings (SSSR count). The van der Waals surface area contributed by atoms with Gasteiger partial charge in [0, 0.05) is 13.1 Å². The van der Waals surface area contributed by atoms with Gasteiger partial charge in [-0.15, -0.1) is 0 Å². The lowest BCUT2D eigenvalue weighted by atomic mass is 9.92. The lowest BCUT2D eigenvalue weighted by molar-refractivity contribution is 0.109. The number of piperidine rings is 1. The number of halogens is 1. The molecule has 0 amide bonds. The Morgan fingerprint density at radius 1 is 1.33 bits per heavy atom. The minimum absolute atomic E-state index is 0.134. The third-order valence-electron chi connectivity index (χ3n) is 3.26. The Balaban J connectivity index is 2.07. The molecule has 0 saturated carbocycles. The van der Waals surface area contributed by atoms with Crippen molar-refractivity contribution in [3.63, 3.8) is 0 Å². The highest BCUT2D eigenvalue weighted by atomic mass is 35.5. The predicted octanol–water partition coefficient (Wildman–Crippen LogP) is 1.13. The lowest BCUT2D eigenvalue weighted by Gasteiger charge is -2.33. The largest absolute Gasteiger partial charge is 0.467 e. The van der Waals surface area contributed by atoms with Crippen LogP contribution >= 0.6 is 11.6 Å². The van der Waals surface area contributed by atoms with E-state index in [2.05, 4.69) is 15.0 Å². The van der Waals surface area contributed by atoms with Crippen LogP contribution in [-0.2, 0) is 0 Å². The van der Waals surface area contributed by atoms with E-state index in [4.69, 9.17) is 16.3 Å². The molecule has 0 bridgehead atoms. The van der Waals surface area contributed by atoms with Crippen molar-refractivity contribution in [1.82, 2.24) is 15.0 Å². The van der Waals surface area contributed by atoms with Crippen LogP contribution in [0, 0.1) is 5.92 Å². The van der Waals surface area contributed by atoms with Gasteiger partial charge in [0.1, 0.15) is 0 Å². The molecule has 1 aromatic rings. The van der Waals surface area contributed by atoms with Crippen molar-refractivity contribution in [2.75, 3.05) is 25.1 Å². The van der Waals surface area contributed by atoms with Gasteiger partial charge in [0.2, 0.25) is 11.2 Å². The van der Waals surface area contributed by atoms with Crippen LogP contribution in [-0.4, -0.2) is 46.4 Å². The number of hydrogen-bond donors (Lipinski definition) is 1. The molecule has 1 fully saturated rings. The van der Waals surface area contributed by atoms with Crippen molar-refractivity contribution in [2.45, 2.75) is 25.9 Å². The number of anilines is 1. The van der Waals surface area contributed by atoms with Gasteiger partial charge in [-0.3, -0.25) is 0 Å². The van der Waals surface area contributed by atoms with Crippen molar-refractivity contribution >= 4 is 17.5 Å². The molecule has 1 atom stereocenters. The first kappa shape index (κ1) is 13.3. The molecule has 6 nitrogen and oxygen atoms in total. The molecule has 1 aromatic heterocycles. The van der Waals surface area contributed by atoms with E-state index in [1.807, 2.05) is 11.8 Å². The van der Waals surface area contributed by atoms with E-state index >= 15 is 0 Å². The highest BCUT2D eigenvalue weighted by molar-refractivity contribution is 6.28. The normalized spacial score (nSPS) is 18.8. The maximum Gasteiger partial charge on any atom is 0.322 e. The Bertz CT molecular complexity index is 408. The predicted molar refractivity (Wildman–Crippen MR) is 68.0 cm³/mol. The van der Waals surface area contributed by atoms with E-state index in [9.17, 15) is 5.11 Å². The van der Waals surface area contributed by atoms with Crippen LogP contribution in [0.3, 0.4) is 0 Å². The molecule has 18 heavy (non-hydrogen) atoms. The molecule has 1 aliphatic rings. The van der Waals surface area contributed by atoms with Crippen LogP contribution in [0.2, 0.25) is 5.28 Å². The lowest BCUT2D eigenvalue weighted by Crippen LogP contribution is -2.38. The van der Waals surface area contributed by atoms with E-state index in [1.54, 1.807) is 0 Å². The zero-order valence-corrected chi connectivity index (χ0v) is 11.3. The second-order valence-corrected chi connectivity index (χ2v) is 4.79. The smallest absolute Gasteiger partial charge is 0.322 e. The minimum Gasteiger partial charge on any atom is -0.467 e. The second-order valence-electron chi connectivity index (χ2n) is 4.46. The molecule has 0 radical (unpaired) electrons.